The zero-order valence-corrected chi connectivity index (χ0v) is 12.2. The van der Waals surface area contributed by atoms with Crippen molar-refractivity contribution < 1.29 is 0 Å². The molecule has 1 fully saturated rings. The molecule has 0 saturated carbocycles. The van der Waals surface area contributed by atoms with E-state index in [0.29, 0.717) is 6.04 Å². The molecule has 1 aromatic carbocycles. The molecule has 2 heteroatoms. The van der Waals surface area contributed by atoms with E-state index < -0.39 is 0 Å². The first-order valence-corrected chi connectivity index (χ1v) is 7.13. The van der Waals surface area contributed by atoms with Gasteiger partial charge in [0.25, 0.3) is 0 Å². The van der Waals surface area contributed by atoms with Gasteiger partial charge in [-0.3, -0.25) is 4.90 Å². The Morgan fingerprint density at radius 1 is 1.28 bits per heavy atom. The van der Waals surface area contributed by atoms with E-state index in [1.807, 2.05) is 0 Å². The van der Waals surface area contributed by atoms with E-state index in [1.54, 1.807) is 5.56 Å². The first-order valence-electron chi connectivity index (χ1n) is 7.13. The maximum atomic E-state index is 3.37. The zero-order chi connectivity index (χ0) is 13.1. The van der Waals surface area contributed by atoms with Gasteiger partial charge in [0.2, 0.25) is 0 Å². The van der Waals surface area contributed by atoms with Crippen molar-refractivity contribution >= 4 is 0 Å². The Bertz CT molecular complexity index is 380. The molecule has 0 aromatic heterocycles. The van der Waals surface area contributed by atoms with Crippen LogP contribution in [0.2, 0.25) is 0 Å². The Morgan fingerprint density at radius 2 is 1.94 bits per heavy atom. The highest BCUT2D eigenvalue weighted by Crippen LogP contribution is 2.39. The van der Waals surface area contributed by atoms with E-state index >= 15 is 0 Å². The molecule has 0 radical (unpaired) electrons. The fraction of sp³-hybridized carbons (Fsp3) is 0.625. The summed E-state index contributed by atoms with van der Waals surface area (Å²) in [5.74, 6) is 0.745. The van der Waals surface area contributed by atoms with Crippen molar-refractivity contribution in [1.82, 2.24) is 10.2 Å². The first kappa shape index (κ1) is 13.6. The van der Waals surface area contributed by atoms with Crippen LogP contribution in [0.1, 0.15) is 36.1 Å². The average Bonchev–Trinajstić information content (AvgIpc) is 2.73. The van der Waals surface area contributed by atoms with Crippen molar-refractivity contribution in [1.29, 1.82) is 0 Å². The topological polar surface area (TPSA) is 15.3 Å². The lowest BCUT2D eigenvalue weighted by Gasteiger charge is -2.30. The normalized spacial score (nSPS) is 24.7. The Morgan fingerprint density at radius 3 is 2.50 bits per heavy atom. The average molecular weight is 246 g/mol. The van der Waals surface area contributed by atoms with Crippen LogP contribution in [0.25, 0.3) is 0 Å². The molecule has 2 nitrogen and oxygen atoms in total. The molecule has 0 aliphatic carbocycles. The lowest BCUT2D eigenvalue weighted by molar-refractivity contribution is 0.236. The molecule has 1 aliphatic heterocycles. The summed E-state index contributed by atoms with van der Waals surface area (Å²) in [6, 6.07) is 7.28. The minimum Gasteiger partial charge on any atom is -0.319 e. The predicted octanol–water partition coefficient (Wildman–Crippen LogP) is 2.91. The molecule has 1 saturated heterocycles. The summed E-state index contributed by atoms with van der Waals surface area (Å²) in [6.07, 6.45) is 1.31. The molecule has 2 unspecified atom stereocenters. The quantitative estimate of drug-likeness (QED) is 0.879. The largest absolute Gasteiger partial charge is 0.319 e. The van der Waals surface area contributed by atoms with Gasteiger partial charge in [0.15, 0.2) is 0 Å². The number of likely N-dealkylation sites (tertiary alicyclic amines) is 1. The molecular formula is C16H26N2. The van der Waals surface area contributed by atoms with Crippen molar-refractivity contribution in [3.05, 3.63) is 34.9 Å². The van der Waals surface area contributed by atoms with Crippen LogP contribution in [-0.2, 0) is 0 Å². The molecule has 1 aromatic rings. The number of nitrogens with one attached hydrogen (secondary N) is 1. The lowest BCUT2D eigenvalue weighted by Crippen LogP contribution is -2.30. The van der Waals surface area contributed by atoms with Crippen LogP contribution < -0.4 is 5.32 Å². The van der Waals surface area contributed by atoms with Gasteiger partial charge in [-0.25, -0.2) is 0 Å². The van der Waals surface area contributed by atoms with Crippen LogP contribution in [0.15, 0.2) is 18.2 Å². The first-order chi connectivity index (χ1) is 8.69. The van der Waals surface area contributed by atoms with Gasteiger partial charge in [0.05, 0.1) is 0 Å². The molecule has 2 atom stereocenters. The Balaban J connectivity index is 2.37. The van der Waals surface area contributed by atoms with E-state index in [1.165, 1.54) is 24.1 Å². The molecule has 1 aliphatic rings. The van der Waals surface area contributed by atoms with E-state index in [9.17, 15) is 0 Å². The highest BCUT2D eigenvalue weighted by Gasteiger charge is 2.35. The van der Waals surface area contributed by atoms with Crippen LogP contribution in [-0.4, -0.2) is 31.6 Å². The smallest absolute Gasteiger partial charge is 0.0394 e. The molecule has 1 heterocycles. The fourth-order valence-corrected chi connectivity index (χ4v) is 3.47. The molecular weight excluding hydrogens is 220 g/mol. The number of hydrogen-bond donors (Lipinski definition) is 1. The van der Waals surface area contributed by atoms with Crippen LogP contribution in [0.4, 0.5) is 0 Å². The highest BCUT2D eigenvalue weighted by atomic mass is 15.2. The zero-order valence-electron chi connectivity index (χ0n) is 12.2. The second-order valence-corrected chi connectivity index (χ2v) is 5.49. The van der Waals surface area contributed by atoms with Gasteiger partial charge in [0, 0.05) is 6.04 Å². The molecule has 0 amide bonds. The summed E-state index contributed by atoms with van der Waals surface area (Å²) < 4.78 is 0. The van der Waals surface area contributed by atoms with Gasteiger partial charge in [0.1, 0.15) is 0 Å². The summed E-state index contributed by atoms with van der Waals surface area (Å²) in [5, 5.41) is 3.37. The third-order valence-electron chi connectivity index (χ3n) is 4.34. The van der Waals surface area contributed by atoms with Gasteiger partial charge in [-0.1, -0.05) is 25.1 Å². The SMILES string of the molecule is CCN1CCC(CNC)C1c1c(C)cccc1C. The maximum absolute atomic E-state index is 3.37. The van der Waals surface area contributed by atoms with Crippen molar-refractivity contribution in [2.45, 2.75) is 33.2 Å². The predicted molar refractivity (Wildman–Crippen MR) is 77.9 cm³/mol. The number of aryl methyl sites for hydroxylation is 2. The van der Waals surface area contributed by atoms with E-state index in [-0.39, 0.29) is 0 Å². The number of benzene rings is 1. The van der Waals surface area contributed by atoms with Crippen LogP contribution >= 0.6 is 0 Å². The van der Waals surface area contributed by atoms with Gasteiger partial charge in [-0.05, 0) is 69.6 Å². The van der Waals surface area contributed by atoms with E-state index in [2.05, 4.69) is 56.2 Å². The molecule has 100 valence electrons. The second-order valence-electron chi connectivity index (χ2n) is 5.49. The summed E-state index contributed by atoms with van der Waals surface area (Å²) in [4.78, 5) is 2.64. The second kappa shape index (κ2) is 5.85. The standard InChI is InChI=1S/C16H26N2/c1-5-18-10-9-14(11-17-4)16(18)15-12(2)7-6-8-13(15)3/h6-8,14,16-17H,5,9-11H2,1-4H3. The number of nitrogens with zero attached hydrogens (tertiary/aromatic N) is 1. The van der Waals surface area contributed by atoms with Gasteiger partial charge >= 0.3 is 0 Å². The monoisotopic (exact) mass is 246 g/mol. The molecule has 1 N–H and O–H groups in total. The Hall–Kier alpha value is -0.860. The van der Waals surface area contributed by atoms with Crippen molar-refractivity contribution in [2.24, 2.45) is 5.92 Å². The minimum atomic E-state index is 0.601. The maximum Gasteiger partial charge on any atom is 0.0394 e. The van der Waals surface area contributed by atoms with E-state index in [4.69, 9.17) is 0 Å². The number of hydrogen-bond acceptors (Lipinski definition) is 2. The molecule has 2 rings (SSSR count). The van der Waals surface area contributed by atoms with Gasteiger partial charge in [-0.15, -0.1) is 0 Å². The van der Waals surface area contributed by atoms with Gasteiger partial charge in [-0.2, -0.15) is 0 Å². The Labute approximate surface area is 111 Å². The fourth-order valence-electron chi connectivity index (χ4n) is 3.47. The highest BCUT2D eigenvalue weighted by molar-refractivity contribution is 5.37. The number of rotatable bonds is 4. The summed E-state index contributed by atoms with van der Waals surface area (Å²) in [7, 11) is 2.07. The summed E-state index contributed by atoms with van der Waals surface area (Å²) >= 11 is 0. The molecule has 18 heavy (non-hydrogen) atoms. The third-order valence-corrected chi connectivity index (χ3v) is 4.34. The van der Waals surface area contributed by atoms with Gasteiger partial charge < -0.3 is 5.32 Å². The third kappa shape index (κ3) is 2.45. The van der Waals surface area contributed by atoms with Crippen LogP contribution in [0.5, 0.6) is 0 Å². The van der Waals surface area contributed by atoms with Crippen molar-refractivity contribution in [3.8, 4) is 0 Å². The Kier molecular flexibility index (Phi) is 4.41. The van der Waals surface area contributed by atoms with Crippen LogP contribution in [0.3, 0.4) is 0 Å². The summed E-state index contributed by atoms with van der Waals surface area (Å²) in [6.45, 7) is 10.3. The van der Waals surface area contributed by atoms with Crippen LogP contribution in [0, 0.1) is 19.8 Å². The van der Waals surface area contributed by atoms with E-state index in [0.717, 1.165) is 19.0 Å². The molecule has 0 bridgehead atoms. The summed E-state index contributed by atoms with van der Waals surface area (Å²) in [5.41, 5.74) is 4.46. The lowest BCUT2D eigenvalue weighted by atomic mass is 9.88. The van der Waals surface area contributed by atoms with Crippen molar-refractivity contribution in [3.63, 3.8) is 0 Å². The molecule has 0 spiro atoms. The minimum absolute atomic E-state index is 0.601. The van der Waals surface area contributed by atoms with Crippen molar-refractivity contribution in [2.75, 3.05) is 26.7 Å².